The molecular weight excluding hydrogens is 264 g/mol. The van der Waals surface area contributed by atoms with Crippen molar-refractivity contribution < 1.29 is 13.3 Å². The van der Waals surface area contributed by atoms with Crippen LogP contribution >= 0.6 is 0 Å². The highest BCUT2D eigenvalue weighted by atomic mass is 19.1. The van der Waals surface area contributed by atoms with Crippen molar-refractivity contribution in [2.45, 2.75) is 6.54 Å². The molecule has 0 unspecified atom stereocenters. The normalized spacial score (nSPS) is 16.5. The van der Waals surface area contributed by atoms with Gasteiger partial charge in [0.2, 0.25) is 0 Å². The molecule has 2 heterocycles. The monoisotopic (exact) mass is 279 g/mol. The van der Waals surface area contributed by atoms with Gasteiger partial charge < -0.3 is 9.84 Å². The third-order valence-corrected chi connectivity index (χ3v) is 3.35. The Morgan fingerprint density at radius 3 is 2.80 bits per heavy atom. The minimum absolute atomic E-state index is 0.101. The van der Waals surface area contributed by atoms with Crippen molar-refractivity contribution in [1.82, 2.24) is 15.4 Å². The zero-order chi connectivity index (χ0) is 13.9. The number of nitrogens with one attached hydrogen (secondary N) is 1. The van der Waals surface area contributed by atoms with E-state index in [9.17, 15) is 8.78 Å². The summed E-state index contributed by atoms with van der Waals surface area (Å²) in [5.41, 5.74) is 0.828. The molecule has 0 saturated carbocycles. The van der Waals surface area contributed by atoms with Gasteiger partial charge in [0.1, 0.15) is 11.6 Å². The van der Waals surface area contributed by atoms with Gasteiger partial charge in [-0.05, 0) is 18.2 Å². The number of benzene rings is 1. The lowest BCUT2D eigenvalue weighted by Crippen LogP contribution is -2.42. The van der Waals surface area contributed by atoms with E-state index in [0.29, 0.717) is 6.54 Å². The van der Waals surface area contributed by atoms with Crippen LogP contribution in [0.15, 0.2) is 28.8 Å². The average molecular weight is 279 g/mol. The van der Waals surface area contributed by atoms with E-state index < -0.39 is 11.6 Å². The van der Waals surface area contributed by atoms with Gasteiger partial charge in [0, 0.05) is 38.8 Å². The fourth-order valence-corrected chi connectivity index (χ4v) is 2.30. The highest BCUT2D eigenvalue weighted by Gasteiger charge is 2.15. The molecule has 1 N–H and O–H groups in total. The standard InChI is InChI=1S/C14H15F2N3O/c15-10-1-2-13(16)12(7-10)14-8-11(18-20-14)9-19-5-3-17-4-6-19/h1-2,7-8,17H,3-6,9H2. The predicted octanol–water partition coefficient (Wildman–Crippen LogP) is 2.02. The summed E-state index contributed by atoms with van der Waals surface area (Å²) in [6.45, 7) is 4.43. The predicted molar refractivity (Wildman–Crippen MR) is 70.0 cm³/mol. The van der Waals surface area contributed by atoms with Crippen LogP contribution in [0.3, 0.4) is 0 Å². The summed E-state index contributed by atoms with van der Waals surface area (Å²) in [4.78, 5) is 2.24. The molecule has 0 amide bonds. The Balaban J connectivity index is 1.77. The first-order valence-corrected chi connectivity index (χ1v) is 6.56. The maximum Gasteiger partial charge on any atom is 0.170 e. The third kappa shape index (κ3) is 2.86. The molecule has 0 atom stereocenters. The topological polar surface area (TPSA) is 41.3 Å². The van der Waals surface area contributed by atoms with Crippen molar-refractivity contribution in [3.05, 3.63) is 41.6 Å². The Hall–Kier alpha value is -1.79. The summed E-state index contributed by atoms with van der Waals surface area (Å²) in [5.74, 6) is -0.759. The lowest BCUT2D eigenvalue weighted by Gasteiger charge is -2.25. The highest BCUT2D eigenvalue weighted by Crippen LogP contribution is 2.24. The number of nitrogens with zero attached hydrogens (tertiary/aromatic N) is 2. The van der Waals surface area contributed by atoms with Crippen molar-refractivity contribution in [2.75, 3.05) is 26.2 Å². The molecule has 0 bridgehead atoms. The van der Waals surface area contributed by atoms with E-state index in [2.05, 4.69) is 15.4 Å². The first kappa shape index (κ1) is 13.2. The quantitative estimate of drug-likeness (QED) is 0.933. The zero-order valence-electron chi connectivity index (χ0n) is 10.9. The molecule has 3 rings (SSSR count). The number of hydrogen-bond donors (Lipinski definition) is 1. The lowest BCUT2D eigenvalue weighted by atomic mass is 10.1. The van der Waals surface area contributed by atoms with Gasteiger partial charge in [-0.1, -0.05) is 5.16 Å². The van der Waals surface area contributed by atoms with E-state index in [1.165, 1.54) is 0 Å². The minimum Gasteiger partial charge on any atom is -0.356 e. The first-order chi connectivity index (χ1) is 9.72. The summed E-state index contributed by atoms with van der Waals surface area (Å²) in [6.07, 6.45) is 0. The molecule has 6 heteroatoms. The third-order valence-electron chi connectivity index (χ3n) is 3.35. The molecule has 1 aliphatic rings. The van der Waals surface area contributed by atoms with Crippen LogP contribution in [0, 0.1) is 11.6 Å². The molecule has 1 aromatic heterocycles. The minimum atomic E-state index is -0.517. The summed E-state index contributed by atoms with van der Waals surface area (Å²) in [5, 5.41) is 7.20. The highest BCUT2D eigenvalue weighted by molar-refractivity contribution is 5.58. The Labute approximate surface area is 115 Å². The van der Waals surface area contributed by atoms with Crippen LogP contribution < -0.4 is 5.32 Å². The van der Waals surface area contributed by atoms with Gasteiger partial charge in [-0.25, -0.2) is 8.78 Å². The summed E-state index contributed by atoms with van der Waals surface area (Å²) < 4.78 is 31.9. The van der Waals surface area contributed by atoms with Crippen LogP contribution in [0.25, 0.3) is 11.3 Å². The van der Waals surface area contributed by atoms with E-state index in [-0.39, 0.29) is 11.3 Å². The average Bonchev–Trinajstić information content (AvgIpc) is 2.91. The Kier molecular flexibility index (Phi) is 3.75. The molecular formula is C14H15F2N3O. The number of hydrogen-bond acceptors (Lipinski definition) is 4. The van der Waals surface area contributed by atoms with Gasteiger partial charge in [0.25, 0.3) is 0 Å². The van der Waals surface area contributed by atoms with Crippen LogP contribution in [0.5, 0.6) is 0 Å². The molecule has 20 heavy (non-hydrogen) atoms. The summed E-state index contributed by atoms with van der Waals surface area (Å²) in [7, 11) is 0. The van der Waals surface area contributed by atoms with Gasteiger partial charge in [-0.15, -0.1) is 0 Å². The summed E-state index contributed by atoms with van der Waals surface area (Å²) >= 11 is 0. The second-order valence-electron chi connectivity index (χ2n) is 4.83. The van der Waals surface area contributed by atoms with Crippen molar-refractivity contribution in [3.8, 4) is 11.3 Å². The second-order valence-corrected chi connectivity index (χ2v) is 4.83. The Morgan fingerprint density at radius 1 is 1.20 bits per heavy atom. The van der Waals surface area contributed by atoms with E-state index in [1.807, 2.05) is 0 Å². The van der Waals surface area contributed by atoms with Crippen LogP contribution in [0.2, 0.25) is 0 Å². The van der Waals surface area contributed by atoms with Crippen molar-refractivity contribution in [3.63, 3.8) is 0 Å². The fourth-order valence-electron chi connectivity index (χ4n) is 2.30. The number of piperazine rings is 1. The van der Waals surface area contributed by atoms with Crippen LogP contribution in [0.4, 0.5) is 8.78 Å². The maximum absolute atomic E-state index is 13.7. The first-order valence-electron chi connectivity index (χ1n) is 6.56. The maximum atomic E-state index is 13.7. The van der Waals surface area contributed by atoms with E-state index >= 15 is 0 Å². The van der Waals surface area contributed by atoms with Crippen LogP contribution in [-0.4, -0.2) is 36.2 Å². The molecule has 1 fully saturated rings. The molecule has 0 radical (unpaired) electrons. The van der Waals surface area contributed by atoms with Crippen molar-refractivity contribution in [1.29, 1.82) is 0 Å². The summed E-state index contributed by atoms with van der Waals surface area (Å²) in [6, 6.07) is 4.95. The van der Waals surface area contributed by atoms with Crippen molar-refractivity contribution >= 4 is 0 Å². The Morgan fingerprint density at radius 2 is 2.00 bits per heavy atom. The van der Waals surface area contributed by atoms with Gasteiger partial charge in [0.05, 0.1) is 11.3 Å². The fraction of sp³-hybridized carbons (Fsp3) is 0.357. The van der Waals surface area contributed by atoms with Crippen LogP contribution in [0.1, 0.15) is 5.69 Å². The molecule has 1 aliphatic heterocycles. The molecule has 1 saturated heterocycles. The molecule has 0 aliphatic carbocycles. The number of rotatable bonds is 3. The Bertz CT molecular complexity index is 594. The lowest BCUT2D eigenvalue weighted by molar-refractivity contribution is 0.227. The molecule has 2 aromatic rings. The van der Waals surface area contributed by atoms with E-state index in [0.717, 1.165) is 50.1 Å². The van der Waals surface area contributed by atoms with Gasteiger partial charge in [0.15, 0.2) is 5.76 Å². The molecule has 0 spiro atoms. The molecule has 106 valence electrons. The number of halogens is 2. The van der Waals surface area contributed by atoms with Crippen molar-refractivity contribution in [2.24, 2.45) is 0 Å². The van der Waals surface area contributed by atoms with Gasteiger partial charge in [-0.2, -0.15) is 0 Å². The largest absolute Gasteiger partial charge is 0.356 e. The van der Waals surface area contributed by atoms with Gasteiger partial charge in [-0.3, -0.25) is 4.90 Å². The SMILES string of the molecule is Fc1ccc(F)c(-c2cc(CN3CCNCC3)no2)c1. The van der Waals surface area contributed by atoms with E-state index in [4.69, 9.17) is 4.52 Å². The molecule has 4 nitrogen and oxygen atoms in total. The smallest absolute Gasteiger partial charge is 0.170 e. The van der Waals surface area contributed by atoms with E-state index in [1.54, 1.807) is 6.07 Å². The second kappa shape index (κ2) is 5.68. The molecule has 1 aromatic carbocycles. The van der Waals surface area contributed by atoms with Crippen LogP contribution in [-0.2, 0) is 6.54 Å². The van der Waals surface area contributed by atoms with Gasteiger partial charge >= 0.3 is 0 Å². The zero-order valence-corrected chi connectivity index (χ0v) is 10.9. The number of aromatic nitrogens is 1.